The van der Waals surface area contributed by atoms with Crippen molar-refractivity contribution >= 4 is 33.4 Å². The second-order valence-corrected chi connectivity index (χ2v) is 8.83. The monoisotopic (exact) mass is 452 g/mol. The fourth-order valence-electron chi connectivity index (χ4n) is 4.89. The zero-order valence-electron chi connectivity index (χ0n) is 18.1. The number of aromatic nitrogens is 5. The average molecular weight is 452 g/mol. The van der Waals surface area contributed by atoms with Gasteiger partial charge >= 0.3 is 6.01 Å². The molecule has 33 heavy (non-hydrogen) atoms. The van der Waals surface area contributed by atoms with Crippen molar-refractivity contribution in [1.29, 1.82) is 0 Å². The highest BCUT2D eigenvalue weighted by Gasteiger charge is 2.54. The van der Waals surface area contributed by atoms with Crippen molar-refractivity contribution in [2.75, 3.05) is 30.4 Å². The van der Waals surface area contributed by atoms with E-state index in [0.717, 1.165) is 18.9 Å². The van der Waals surface area contributed by atoms with E-state index < -0.39 is 11.6 Å². The molecule has 2 fully saturated rings. The molecule has 4 heterocycles. The molecular weight excluding hydrogens is 430 g/mol. The van der Waals surface area contributed by atoms with Crippen LogP contribution in [0.4, 0.5) is 20.3 Å². The second kappa shape index (κ2) is 6.95. The van der Waals surface area contributed by atoms with E-state index in [4.69, 9.17) is 10.5 Å². The largest absolute Gasteiger partial charge is 0.421 e. The minimum absolute atomic E-state index is 0.0576. The van der Waals surface area contributed by atoms with Crippen molar-refractivity contribution in [3.63, 3.8) is 0 Å². The maximum atomic E-state index is 15.0. The summed E-state index contributed by atoms with van der Waals surface area (Å²) in [4.78, 5) is 22.4. The molecule has 4 N–H and O–H groups in total. The normalized spacial score (nSPS) is 19.1. The van der Waals surface area contributed by atoms with Gasteiger partial charge in [0, 0.05) is 37.7 Å². The number of H-pyrrole nitrogens is 1. The molecule has 11 heteroatoms. The molecule has 1 unspecified atom stereocenters. The van der Waals surface area contributed by atoms with E-state index in [1.807, 2.05) is 0 Å². The van der Waals surface area contributed by atoms with Gasteiger partial charge < -0.3 is 25.7 Å². The standard InChI is InChI=1S/C22H22F2N8O/c1-10-27-6-11(7-28-10)33-21-30-19-16(15-12(23)5-13(24)17(26-2)18(15)29-19)20(31-21)32-8-22(9-32)4-3-14(22)25/h5-7,14,26H,3-4,8-9,25H2,1-2H3,(H,29,30,31). The minimum atomic E-state index is -0.694. The molecule has 0 radical (unpaired) electrons. The summed E-state index contributed by atoms with van der Waals surface area (Å²) < 4.78 is 35.3. The number of fused-ring (bicyclic) bond motifs is 3. The van der Waals surface area contributed by atoms with Gasteiger partial charge in [0.1, 0.15) is 23.1 Å². The Balaban J connectivity index is 1.53. The first-order valence-electron chi connectivity index (χ1n) is 10.7. The highest BCUT2D eigenvalue weighted by Crippen LogP contribution is 2.50. The van der Waals surface area contributed by atoms with E-state index in [9.17, 15) is 4.39 Å². The van der Waals surface area contributed by atoms with Crippen molar-refractivity contribution in [3.05, 3.63) is 35.9 Å². The van der Waals surface area contributed by atoms with Gasteiger partial charge in [-0.25, -0.2) is 18.7 Å². The third kappa shape index (κ3) is 2.92. The Hall–Kier alpha value is -3.60. The summed E-state index contributed by atoms with van der Waals surface area (Å²) in [6.45, 7) is 3.19. The third-order valence-electron chi connectivity index (χ3n) is 6.86. The van der Waals surface area contributed by atoms with Crippen LogP contribution >= 0.6 is 0 Å². The number of hydrogen-bond donors (Lipinski definition) is 3. The van der Waals surface area contributed by atoms with Crippen molar-refractivity contribution < 1.29 is 13.5 Å². The molecule has 170 valence electrons. The SMILES string of the molecule is CNc1c(F)cc(F)c2c1[nH]c1nc(Oc3cnc(C)nc3)nc(N3CC4(CCC4N)C3)c12. The van der Waals surface area contributed by atoms with Crippen molar-refractivity contribution in [1.82, 2.24) is 24.9 Å². The predicted octanol–water partition coefficient (Wildman–Crippen LogP) is 3.25. The lowest BCUT2D eigenvalue weighted by Crippen LogP contribution is -2.69. The minimum Gasteiger partial charge on any atom is -0.421 e. The van der Waals surface area contributed by atoms with Gasteiger partial charge in [-0.05, 0) is 19.8 Å². The molecule has 4 aromatic rings. The summed E-state index contributed by atoms with van der Waals surface area (Å²) in [5, 5.41) is 3.51. The number of halogens is 2. The number of hydrogen-bond acceptors (Lipinski definition) is 8. The smallest absolute Gasteiger partial charge is 0.326 e. The maximum Gasteiger partial charge on any atom is 0.326 e. The van der Waals surface area contributed by atoms with Crippen LogP contribution in [0.2, 0.25) is 0 Å². The first-order valence-corrected chi connectivity index (χ1v) is 10.7. The highest BCUT2D eigenvalue weighted by molar-refractivity contribution is 6.15. The quantitative estimate of drug-likeness (QED) is 0.432. The summed E-state index contributed by atoms with van der Waals surface area (Å²) >= 11 is 0. The molecular formula is C22H22F2N8O. The number of ether oxygens (including phenoxy) is 1. The van der Waals surface area contributed by atoms with E-state index in [1.54, 1.807) is 14.0 Å². The Morgan fingerprint density at radius 2 is 1.94 bits per heavy atom. The summed E-state index contributed by atoms with van der Waals surface area (Å²) in [5.41, 5.74) is 7.10. The number of anilines is 2. The van der Waals surface area contributed by atoms with Gasteiger partial charge in [0.15, 0.2) is 11.6 Å². The van der Waals surface area contributed by atoms with Crippen LogP contribution < -0.4 is 20.7 Å². The van der Waals surface area contributed by atoms with Gasteiger partial charge in [-0.2, -0.15) is 9.97 Å². The lowest BCUT2D eigenvalue weighted by molar-refractivity contribution is 0.0559. The maximum absolute atomic E-state index is 15.0. The Morgan fingerprint density at radius 3 is 2.58 bits per heavy atom. The first kappa shape index (κ1) is 20.0. The van der Waals surface area contributed by atoms with Crippen molar-refractivity contribution in [2.24, 2.45) is 11.1 Å². The molecule has 1 saturated carbocycles. The van der Waals surface area contributed by atoms with Gasteiger partial charge in [-0.15, -0.1) is 0 Å². The van der Waals surface area contributed by atoms with E-state index in [1.165, 1.54) is 12.4 Å². The zero-order chi connectivity index (χ0) is 22.9. The van der Waals surface area contributed by atoms with E-state index in [0.29, 0.717) is 41.5 Å². The number of nitrogens with one attached hydrogen (secondary N) is 2. The first-order chi connectivity index (χ1) is 15.9. The fourth-order valence-corrected chi connectivity index (χ4v) is 4.89. The Labute approximate surface area is 187 Å². The van der Waals surface area contributed by atoms with Crippen LogP contribution in [0.15, 0.2) is 18.5 Å². The lowest BCUT2D eigenvalue weighted by Gasteiger charge is -2.60. The van der Waals surface area contributed by atoms with Crippen LogP contribution in [0.25, 0.3) is 21.9 Å². The molecule has 2 aliphatic rings. The molecule has 6 rings (SSSR count). The molecule has 1 aliphatic heterocycles. The fraction of sp³-hybridized carbons (Fsp3) is 0.364. The van der Waals surface area contributed by atoms with Crippen LogP contribution in [0.3, 0.4) is 0 Å². The van der Waals surface area contributed by atoms with Gasteiger partial charge in [0.2, 0.25) is 0 Å². The highest BCUT2D eigenvalue weighted by atomic mass is 19.1. The molecule has 9 nitrogen and oxygen atoms in total. The topological polar surface area (TPSA) is 118 Å². The zero-order valence-corrected chi connectivity index (χ0v) is 18.1. The number of benzene rings is 1. The molecule has 1 atom stereocenters. The summed E-state index contributed by atoms with van der Waals surface area (Å²) in [6.07, 6.45) is 5.11. The third-order valence-corrected chi connectivity index (χ3v) is 6.86. The number of aryl methyl sites for hydroxylation is 1. The molecule has 1 saturated heterocycles. The van der Waals surface area contributed by atoms with Gasteiger partial charge in [-0.1, -0.05) is 0 Å². The van der Waals surface area contributed by atoms with E-state index in [2.05, 4.69) is 35.1 Å². The van der Waals surface area contributed by atoms with Crippen LogP contribution in [-0.2, 0) is 0 Å². The molecule has 1 aromatic carbocycles. The Kier molecular flexibility index (Phi) is 4.22. The molecule has 0 amide bonds. The summed E-state index contributed by atoms with van der Waals surface area (Å²) in [5.74, 6) is 0.117. The Morgan fingerprint density at radius 1 is 1.18 bits per heavy atom. The van der Waals surface area contributed by atoms with Gasteiger partial charge in [0.05, 0.1) is 34.4 Å². The van der Waals surface area contributed by atoms with E-state index in [-0.39, 0.29) is 34.1 Å². The number of aromatic amines is 1. The van der Waals surface area contributed by atoms with Crippen LogP contribution in [-0.4, -0.2) is 51.1 Å². The number of rotatable bonds is 4. The van der Waals surface area contributed by atoms with Crippen LogP contribution in [0.5, 0.6) is 11.8 Å². The molecule has 1 spiro atoms. The predicted molar refractivity (Wildman–Crippen MR) is 120 cm³/mol. The summed E-state index contributed by atoms with van der Waals surface area (Å²) in [6, 6.07) is 1.08. The second-order valence-electron chi connectivity index (χ2n) is 8.83. The van der Waals surface area contributed by atoms with Gasteiger partial charge in [-0.3, -0.25) is 0 Å². The van der Waals surface area contributed by atoms with Crippen LogP contribution in [0, 0.1) is 24.0 Å². The van der Waals surface area contributed by atoms with Crippen LogP contribution in [0.1, 0.15) is 18.7 Å². The number of nitrogens with zero attached hydrogens (tertiary/aromatic N) is 5. The lowest BCUT2D eigenvalue weighted by atomic mass is 9.60. The molecule has 1 aliphatic carbocycles. The van der Waals surface area contributed by atoms with E-state index >= 15 is 4.39 Å². The summed E-state index contributed by atoms with van der Waals surface area (Å²) in [7, 11) is 1.58. The number of nitrogens with two attached hydrogens (primary N) is 1. The molecule has 3 aromatic heterocycles. The Bertz CT molecular complexity index is 1400. The van der Waals surface area contributed by atoms with Crippen molar-refractivity contribution in [3.8, 4) is 11.8 Å². The average Bonchev–Trinajstić information content (AvgIpc) is 3.13. The molecule has 0 bridgehead atoms. The van der Waals surface area contributed by atoms with Gasteiger partial charge in [0.25, 0.3) is 0 Å². The van der Waals surface area contributed by atoms with Crippen molar-refractivity contribution in [2.45, 2.75) is 25.8 Å².